The van der Waals surface area contributed by atoms with Crippen molar-refractivity contribution in [1.29, 1.82) is 0 Å². The molecule has 0 aromatic heterocycles. The molecule has 1 aromatic rings. The Morgan fingerprint density at radius 2 is 2.11 bits per heavy atom. The van der Waals surface area contributed by atoms with Gasteiger partial charge in [-0.1, -0.05) is 29.8 Å². The number of nitrogens with zero attached hydrogens (tertiary/aromatic N) is 1. The van der Waals surface area contributed by atoms with Crippen LogP contribution >= 0.6 is 0 Å². The Hall–Kier alpha value is -1.35. The Balaban J connectivity index is 1.96. The second kappa shape index (κ2) is 6.01. The molecule has 1 saturated heterocycles. The summed E-state index contributed by atoms with van der Waals surface area (Å²) in [6.45, 7) is 3.88. The van der Waals surface area contributed by atoms with Gasteiger partial charge in [-0.15, -0.1) is 0 Å². The molecule has 18 heavy (non-hydrogen) atoms. The molecule has 0 aliphatic carbocycles. The number of hydrogen-bond acceptors (Lipinski definition) is 2. The second-order valence-electron chi connectivity index (χ2n) is 5.10. The minimum absolute atomic E-state index is 0.261. The molecule has 98 valence electrons. The number of nitrogens with one attached hydrogen (secondary N) is 1. The van der Waals surface area contributed by atoms with Gasteiger partial charge in [0.15, 0.2) is 0 Å². The van der Waals surface area contributed by atoms with Crippen molar-refractivity contribution < 1.29 is 4.79 Å². The third-order valence-corrected chi connectivity index (χ3v) is 3.61. The van der Waals surface area contributed by atoms with Crippen LogP contribution in [0, 0.1) is 6.92 Å². The maximum Gasteiger partial charge on any atom is 0.227 e. The summed E-state index contributed by atoms with van der Waals surface area (Å²) < 4.78 is 0. The van der Waals surface area contributed by atoms with E-state index >= 15 is 0 Å². The van der Waals surface area contributed by atoms with Crippen molar-refractivity contribution in [2.75, 3.05) is 20.1 Å². The molecule has 1 N–H and O–H groups in total. The van der Waals surface area contributed by atoms with Crippen LogP contribution in [-0.4, -0.2) is 37.0 Å². The van der Waals surface area contributed by atoms with Crippen LogP contribution in [0.2, 0.25) is 0 Å². The molecule has 0 saturated carbocycles. The van der Waals surface area contributed by atoms with Gasteiger partial charge in [-0.05, 0) is 32.4 Å². The molecular weight excluding hydrogens is 224 g/mol. The number of amides is 1. The summed E-state index contributed by atoms with van der Waals surface area (Å²) in [5.74, 6) is 0.261. The largest absolute Gasteiger partial charge is 0.338 e. The van der Waals surface area contributed by atoms with Crippen molar-refractivity contribution in [3.05, 3.63) is 35.4 Å². The average molecular weight is 246 g/mol. The zero-order valence-electron chi connectivity index (χ0n) is 11.3. The lowest BCUT2D eigenvalue weighted by atomic mass is 10.1. The first-order valence-corrected chi connectivity index (χ1v) is 6.70. The van der Waals surface area contributed by atoms with Gasteiger partial charge in [-0.2, -0.15) is 0 Å². The summed E-state index contributed by atoms with van der Waals surface area (Å²) in [5.41, 5.74) is 2.35. The first kappa shape index (κ1) is 13.1. The summed E-state index contributed by atoms with van der Waals surface area (Å²) in [4.78, 5) is 14.3. The van der Waals surface area contributed by atoms with E-state index in [1.54, 1.807) is 0 Å². The molecule has 0 unspecified atom stereocenters. The molecule has 1 atom stereocenters. The van der Waals surface area contributed by atoms with Crippen molar-refractivity contribution >= 4 is 5.91 Å². The second-order valence-corrected chi connectivity index (χ2v) is 5.10. The van der Waals surface area contributed by atoms with E-state index in [0.29, 0.717) is 12.5 Å². The van der Waals surface area contributed by atoms with Gasteiger partial charge >= 0.3 is 0 Å². The van der Waals surface area contributed by atoms with Crippen molar-refractivity contribution in [3.8, 4) is 0 Å². The maximum atomic E-state index is 12.3. The van der Waals surface area contributed by atoms with Crippen LogP contribution in [0.15, 0.2) is 24.3 Å². The number of carbonyl (C=O) groups excluding carboxylic acids is 1. The van der Waals surface area contributed by atoms with Crippen LogP contribution < -0.4 is 5.32 Å². The Labute approximate surface area is 109 Å². The summed E-state index contributed by atoms with van der Waals surface area (Å²) in [6, 6.07) is 8.62. The predicted molar refractivity (Wildman–Crippen MR) is 73.5 cm³/mol. The number of likely N-dealkylation sites (N-methyl/N-ethyl adjacent to an activating group) is 1. The molecule has 1 aliphatic heterocycles. The van der Waals surface area contributed by atoms with Gasteiger partial charge in [-0.25, -0.2) is 0 Å². The van der Waals surface area contributed by atoms with Gasteiger partial charge in [0.05, 0.1) is 6.42 Å². The first-order chi connectivity index (χ1) is 8.70. The quantitative estimate of drug-likeness (QED) is 0.878. The average Bonchev–Trinajstić information content (AvgIpc) is 2.81. The minimum Gasteiger partial charge on any atom is -0.338 e. The number of aryl methyl sites for hydroxylation is 1. The molecule has 0 spiro atoms. The van der Waals surface area contributed by atoms with E-state index < -0.39 is 0 Å². The van der Waals surface area contributed by atoms with E-state index in [9.17, 15) is 4.79 Å². The molecule has 1 fully saturated rings. The highest BCUT2D eigenvalue weighted by Gasteiger charge is 2.27. The van der Waals surface area contributed by atoms with Crippen LogP contribution in [-0.2, 0) is 11.2 Å². The van der Waals surface area contributed by atoms with Crippen LogP contribution in [0.1, 0.15) is 24.0 Å². The lowest BCUT2D eigenvalue weighted by molar-refractivity contribution is -0.131. The van der Waals surface area contributed by atoms with E-state index in [4.69, 9.17) is 0 Å². The Morgan fingerprint density at radius 1 is 1.39 bits per heavy atom. The lowest BCUT2D eigenvalue weighted by Gasteiger charge is -2.24. The van der Waals surface area contributed by atoms with E-state index in [1.165, 1.54) is 5.56 Å². The number of likely N-dealkylation sites (tertiary alicyclic amines) is 1. The predicted octanol–water partition coefficient (Wildman–Crippen LogP) is 1.75. The van der Waals surface area contributed by atoms with Gasteiger partial charge in [0.25, 0.3) is 0 Å². The molecule has 1 heterocycles. The summed E-state index contributed by atoms with van der Waals surface area (Å²) >= 11 is 0. The summed E-state index contributed by atoms with van der Waals surface area (Å²) in [5, 5.41) is 3.17. The number of carbonyl (C=O) groups is 1. The van der Waals surface area contributed by atoms with Gasteiger partial charge in [0.2, 0.25) is 5.91 Å². The number of rotatable bonds is 4. The van der Waals surface area contributed by atoms with Crippen molar-refractivity contribution in [2.45, 2.75) is 32.2 Å². The van der Waals surface area contributed by atoms with E-state index in [2.05, 4.69) is 36.5 Å². The smallest absolute Gasteiger partial charge is 0.227 e. The molecular formula is C15H22N2O. The summed E-state index contributed by atoms with van der Waals surface area (Å²) in [7, 11) is 1.95. The van der Waals surface area contributed by atoms with Crippen molar-refractivity contribution in [2.24, 2.45) is 0 Å². The molecule has 0 bridgehead atoms. The Kier molecular flexibility index (Phi) is 4.37. The van der Waals surface area contributed by atoms with E-state index in [1.807, 2.05) is 11.9 Å². The fourth-order valence-electron chi connectivity index (χ4n) is 2.59. The first-order valence-electron chi connectivity index (χ1n) is 6.70. The molecule has 0 radical (unpaired) electrons. The molecule has 2 rings (SSSR count). The topological polar surface area (TPSA) is 32.3 Å². The molecule has 1 amide bonds. The van der Waals surface area contributed by atoms with Gasteiger partial charge in [-0.3, -0.25) is 4.79 Å². The van der Waals surface area contributed by atoms with Crippen molar-refractivity contribution in [3.63, 3.8) is 0 Å². The molecule has 3 nitrogen and oxygen atoms in total. The highest BCUT2D eigenvalue weighted by molar-refractivity contribution is 5.79. The third-order valence-electron chi connectivity index (χ3n) is 3.61. The van der Waals surface area contributed by atoms with Gasteiger partial charge in [0.1, 0.15) is 0 Å². The van der Waals surface area contributed by atoms with E-state index in [0.717, 1.165) is 31.5 Å². The Morgan fingerprint density at radius 3 is 2.78 bits per heavy atom. The number of benzene rings is 1. The third kappa shape index (κ3) is 3.10. The Bertz CT molecular complexity index is 399. The zero-order chi connectivity index (χ0) is 13.0. The fraction of sp³-hybridized carbons (Fsp3) is 0.533. The standard InChI is InChI=1S/C15H22N2O/c1-12-5-7-13(8-6-12)10-15(18)17-9-3-4-14(17)11-16-2/h5-8,14,16H,3-4,9-11H2,1-2H3/t14-/m1/s1. The monoisotopic (exact) mass is 246 g/mol. The van der Waals surface area contributed by atoms with Gasteiger partial charge < -0.3 is 10.2 Å². The van der Waals surface area contributed by atoms with Crippen LogP contribution in [0.5, 0.6) is 0 Å². The van der Waals surface area contributed by atoms with Gasteiger partial charge in [0, 0.05) is 19.1 Å². The number of hydrogen-bond donors (Lipinski definition) is 1. The highest BCUT2D eigenvalue weighted by atomic mass is 16.2. The fourth-order valence-corrected chi connectivity index (χ4v) is 2.59. The minimum atomic E-state index is 0.261. The lowest BCUT2D eigenvalue weighted by Crippen LogP contribution is -2.41. The molecule has 1 aromatic carbocycles. The van der Waals surface area contributed by atoms with Crippen LogP contribution in [0.3, 0.4) is 0 Å². The highest BCUT2D eigenvalue weighted by Crippen LogP contribution is 2.18. The SMILES string of the molecule is CNC[C@H]1CCCN1C(=O)Cc1ccc(C)cc1. The maximum absolute atomic E-state index is 12.3. The molecule has 1 aliphatic rings. The normalized spacial score (nSPS) is 19.2. The van der Waals surface area contributed by atoms with Crippen LogP contribution in [0.4, 0.5) is 0 Å². The van der Waals surface area contributed by atoms with E-state index in [-0.39, 0.29) is 5.91 Å². The summed E-state index contributed by atoms with van der Waals surface area (Å²) in [6.07, 6.45) is 2.78. The van der Waals surface area contributed by atoms with Crippen LogP contribution in [0.25, 0.3) is 0 Å². The molecule has 3 heteroatoms. The zero-order valence-corrected chi connectivity index (χ0v) is 11.3. The van der Waals surface area contributed by atoms with Crippen molar-refractivity contribution in [1.82, 2.24) is 10.2 Å².